The van der Waals surface area contributed by atoms with Gasteiger partial charge in [0.25, 0.3) is 0 Å². The van der Waals surface area contributed by atoms with E-state index in [1.165, 1.54) is 18.2 Å². The van der Waals surface area contributed by atoms with Crippen LogP contribution in [0.2, 0.25) is 0 Å². The molecule has 1 unspecified atom stereocenters. The van der Waals surface area contributed by atoms with Gasteiger partial charge in [0.05, 0.1) is 18.7 Å². The Kier molecular flexibility index (Phi) is 4.36. The van der Waals surface area contributed by atoms with Crippen molar-refractivity contribution in [1.82, 2.24) is 10.6 Å². The summed E-state index contributed by atoms with van der Waals surface area (Å²) in [5.74, 6) is 0.502. The van der Waals surface area contributed by atoms with Gasteiger partial charge in [0.15, 0.2) is 5.96 Å². The SMILES string of the molecule is CC1CN=C(NCCOc2ccccc2C(F)(F)F)N1. The van der Waals surface area contributed by atoms with E-state index in [2.05, 4.69) is 15.6 Å². The van der Waals surface area contributed by atoms with Gasteiger partial charge in [0, 0.05) is 6.04 Å². The predicted molar refractivity (Wildman–Crippen MR) is 69.8 cm³/mol. The van der Waals surface area contributed by atoms with Gasteiger partial charge < -0.3 is 15.4 Å². The zero-order valence-corrected chi connectivity index (χ0v) is 11.0. The average molecular weight is 287 g/mol. The van der Waals surface area contributed by atoms with E-state index in [1.807, 2.05) is 6.92 Å². The molecule has 0 saturated heterocycles. The number of para-hydroxylation sites is 1. The lowest BCUT2D eigenvalue weighted by Crippen LogP contribution is -2.39. The molecule has 1 aromatic rings. The molecule has 0 amide bonds. The molecule has 0 aromatic heterocycles. The first-order chi connectivity index (χ1) is 9.47. The first-order valence-electron chi connectivity index (χ1n) is 6.30. The fourth-order valence-electron chi connectivity index (χ4n) is 1.82. The molecule has 0 aliphatic carbocycles. The van der Waals surface area contributed by atoms with Crippen LogP contribution in [0.25, 0.3) is 0 Å². The number of guanidine groups is 1. The van der Waals surface area contributed by atoms with E-state index < -0.39 is 11.7 Å². The van der Waals surface area contributed by atoms with Gasteiger partial charge in [-0.2, -0.15) is 13.2 Å². The lowest BCUT2D eigenvalue weighted by Gasteiger charge is -2.14. The topological polar surface area (TPSA) is 45.7 Å². The van der Waals surface area contributed by atoms with Crippen LogP contribution in [0.1, 0.15) is 12.5 Å². The molecule has 1 aliphatic rings. The van der Waals surface area contributed by atoms with Gasteiger partial charge in [0.2, 0.25) is 0 Å². The molecule has 4 nitrogen and oxygen atoms in total. The summed E-state index contributed by atoms with van der Waals surface area (Å²) in [6.07, 6.45) is -4.41. The number of hydrogen-bond donors (Lipinski definition) is 2. The Morgan fingerprint density at radius 1 is 1.40 bits per heavy atom. The molecule has 2 N–H and O–H groups in total. The van der Waals surface area contributed by atoms with Crippen molar-refractivity contribution >= 4 is 5.96 Å². The summed E-state index contributed by atoms with van der Waals surface area (Å²) < 4.78 is 43.3. The van der Waals surface area contributed by atoms with Crippen molar-refractivity contribution in [3.05, 3.63) is 29.8 Å². The zero-order chi connectivity index (χ0) is 14.6. The van der Waals surface area contributed by atoms with Crippen molar-refractivity contribution in [2.75, 3.05) is 19.7 Å². The lowest BCUT2D eigenvalue weighted by molar-refractivity contribution is -0.138. The molecular formula is C13H16F3N3O. The van der Waals surface area contributed by atoms with E-state index in [1.54, 1.807) is 0 Å². The minimum absolute atomic E-state index is 0.127. The van der Waals surface area contributed by atoms with Crippen molar-refractivity contribution in [2.24, 2.45) is 4.99 Å². The van der Waals surface area contributed by atoms with Gasteiger partial charge >= 0.3 is 6.18 Å². The van der Waals surface area contributed by atoms with Crippen LogP contribution in [0.15, 0.2) is 29.3 Å². The summed E-state index contributed by atoms with van der Waals surface area (Å²) >= 11 is 0. The van der Waals surface area contributed by atoms with Crippen LogP contribution in [0.3, 0.4) is 0 Å². The Morgan fingerprint density at radius 3 is 2.80 bits per heavy atom. The van der Waals surface area contributed by atoms with E-state index in [-0.39, 0.29) is 18.4 Å². The highest BCUT2D eigenvalue weighted by atomic mass is 19.4. The van der Waals surface area contributed by atoms with Crippen LogP contribution in [-0.2, 0) is 6.18 Å². The Bertz CT molecular complexity index is 488. The smallest absolute Gasteiger partial charge is 0.419 e. The number of hydrogen-bond acceptors (Lipinski definition) is 4. The van der Waals surface area contributed by atoms with Crippen LogP contribution < -0.4 is 15.4 Å². The number of aliphatic imine (C=N–C) groups is 1. The second kappa shape index (κ2) is 6.02. The molecule has 1 aliphatic heterocycles. The molecule has 0 fully saturated rings. The number of ether oxygens (including phenoxy) is 1. The molecule has 0 spiro atoms. The highest BCUT2D eigenvalue weighted by Gasteiger charge is 2.33. The third kappa shape index (κ3) is 3.79. The molecule has 110 valence electrons. The van der Waals surface area contributed by atoms with E-state index in [0.29, 0.717) is 19.0 Å². The number of nitrogens with zero attached hydrogens (tertiary/aromatic N) is 1. The Morgan fingerprint density at radius 2 is 2.15 bits per heavy atom. The molecule has 1 heterocycles. The van der Waals surface area contributed by atoms with E-state index >= 15 is 0 Å². The standard InChI is InChI=1S/C13H16F3N3O/c1-9-8-18-12(19-9)17-6-7-20-11-5-3-2-4-10(11)13(14,15)16/h2-5,9H,6-8H2,1H3,(H2,17,18,19). The normalized spacial score (nSPS) is 18.4. The number of rotatable bonds is 4. The maximum atomic E-state index is 12.7. The van der Waals surface area contributed by atoms with Crippen molar-refractivity contribution in [2.45, 2.75) is 19.1 Å². The fraction of sp³-hybridized carbons (Fsp3) is 0.462. The van der Waals surface area contributed by atoms with Gasteiger partial charge in [0.1, 0.15) is 12.4 Å². The number of benzene rings is 1. The quantitative estimate of drug-likeness (QED) is 0.833. The Hall–Kier alpha value is -1.92. The minimum atomic E-state index is -4.41. The monoisotopic (exact) mass is 287 g/mol. The second-order valence-corrected chi connectivity index (χ2v) is 4.50. The van der Waals surface area contributed by atoms with E-state index in [0.717, 1.165) is 6.07 Å². The van der Waals surface area contributed by atoms with Gasteiger partial charge in [-0.25, -0.2) is 0 Å². The molecule has 1 atom stereocenters. The van der Waals surface area contributed by atoms with Crippen molar-refractivity contribution < 1.29 is 17.9 Å². The van der Waals surface area contributed by atoms with Crippen LogP contribution in [0.4, 0.5) is 13.2 Å². The molecule has 1 aromatic carbocycles. The molecule has 7 heteroatoms. The Labute approximate surface area is 115 Å². The number of nitrogens with one attached hydrogen (secondary N) is 2. The summed E-state index contributed by atoms with van der Waals surface area (Å²) in [5, 5.41) is 6.06. The maximum Gasteiger partial charge on any atom is 0.419 e. The highest BCUT2D eigenvalue weighted by molar-refractivity contribution is 5.81. The Balaban J connectivity index is 1.83. The molecule has 0 saturated carbocycles. The van der Waals surface area contributed by atoms with E-state index in [9.17, 15) is 13.2 Å². The van der Waals surface area contributed by atoms with Crippen LogP contribution in [-0.4, -0.2) is 31.7 Å². The van der Waals surface area contributed by atoms with Crippen molar-refractivity contribution in [3.8, 4) is 5.75 Å². The average Bonchev–Trinajstić information content (AvgIpc) is 2.80. The van der Waals surface area contributed by atoms with Gasteiger partial charge in [-0.15, -0.1) is 0 Å². The van der Waals surface area contributed by atoms with Crippen molar-refractivity contribution in [1.29, 1.82) is 0 Å². The van der Waals surface area contributed by atoms with Crippen LogP contribution in [0.5, 0.6) is 5.75 Å². The molecular weight excluding hydrogens is 271 g/mol. The first-order valence-corrected chi connectivity index (χ1v) is 6.30. The molecule has 2 rings (SSSR count). The largest absolute Gasteiger partial charge is 0.491 e. The molecule has 0 radical (unpaired) electrons. The highest BCUT2D eigenvalue weighted by Crippen LogP contribution is 2.35. The van der Waals surface area contributed by atoms with Crippen LogP contribution >= 0.6 is 0 Å². The zero-order valence-electron chi connectivity index (χ0n) is 11.0. The molecule has 20 heavy (non-hydrogen) atoms. The summed E-state index contributed by atoms with van der Waals surface area (Å²) in [6, 6.07) is 5.46. The summed E-state index contributed by atoms with van der Waals surface area (Å²) in [5.41, 5.74) is -0.759. The van der Waals surface area contributed by atoms with E-state index in [4.69, 9.17) is 4.74 Å². The molecule has 0 bridgehead atoms. The number of alkyl halides is 3. The van der Waals surface area contributed by atoms with Gasteiger partial charge in [-0.1, -0.05) is 12.1 Å². The minimum Gasteiger partial charge on any atom is -0.491 e. The lowest BCUT2D eigenvalue weighted by atomic mass is 10.2. The summed E-state index contributed by atoms with van der Waals surface area (Å²) in [6.45, 7) is 3.20. The number of halogens is 3. The van der Waals surface area contributed by atoms with Crippen LogP contribution in [0, 0.1) is 0 Å². The summed E-state index contributed by atoms with van der Waals surface area (Å²) in [4.78, 5) is 4.18. The van der Waals surface area contributed by atoms with Gasteiger partial charge in [-0.3, -0.25) is 4.99 Å². The fourth-order valence-corrected chi connectivity index (χ4v) is 1.82. The van der Waals surface area contributed by atoms with Gasteiger partial charge in [-0.05, 0) is 19.1 Å². The maximum absolute atomic E-state index is 12.7. The second-order valence-electron chi connectivity index (χ2n) is 4.50. The third-order valence-corrected chi connectivity index (χ3v) is 2.75. The van der Waals surface area contributed by atoms with Crippen molar-refractivity contribution in [3.63, 3.8) is 0 Å². The summed E-state index contributed by atoms with van der Waals surface area (Å²) in [7, 11) is 0. The first kappa shape index (κ1) is 14.5. The predicted octanol–water partition coefficient (Wildman–Crippen LogP) is 2.02. The third-order valence-electron chi connectivity index (χ3n) is 2.75.